The molecule has 218 valence electrons. The minimum absolute atomic E-state index is 0.0215. The smallest absolute Gasteiger partial charge is 0.323 e. The fraction of sp³-hybridized carbons (Fsp3) is 0.400. The first-order chi connectivity index (χ1) is 19.7. The molecule has 1 aliphatic heterocycles. The van der Waals surface area contributed by atoms with E-state index < -0.39 is 6.04 Å². The average molecular weight is 583 g/mol. The minimum atomic E-state index is -0.623. The van der Waals surface area contributed by atoms with Gasteiger partial charge in [-0.05, 0) is 61.3 Å². The summed E-state index contributed by atoms with van der Waals surface area (Å²) in [5.74, 6) is 1.01. The summed E-state index contributed by atoms with van der Waals surface area (Å²) in [6.45, 7) is 4.52. The molecule has 0 radical (unpaired) electrons. The Morgan fingerprint density at radius 1 is 1.24 bits per heavy atom. The van der Waals surface area contributed by atoms with Crippen LogP contribution in [0.25, 0.3) is 5.57 Å². The van der Waals surface area contributed by atoms with E-state index in [4.69, 9.17) is 37.0 Å². The largest absolute Gasteiger partial charge is 0.493 e. The monoisotopic (exact) mass is 582 g/mol. The number of amides is 1. The van der Waals surface area contributed by atoms with E-state index in [2.05, 4.69) is 4.98 Å². The van der Waals surface area contributed by atoms with Gasteiger partial charge >= 0.3 is 11.9 Å². The predicted molar refractivity (Wildman–Crippen MR) is 157 cm³/mol. The molecular weight excluding hydrogens is 546 g/mol. The third-order valence-corrected chi connectivity index (χ3v) is 7.49. The van der Waals surface area contributed by atoms with Crippen LogP contribution in [0.5, 0.6) is 11.5 Å². The Morgan fingerprint density at radius 2 is 2.02 bits per heavy atom. The molecular formula is C30H37ClN5O5+. The van der Waals surface area contributed by atoms with Crippen LogP contribution < -0.4 is 25.4 Å². The maximum Gasteiger partial charge on any atom is 0.323 e. The molecule has 11 heteroatoms. The molecule has 2 atom stereocenters. The Bertz CT molecular complexity index is 1320. The number of hydrogen-bond donors (Lipinski definition) is 3. The number of nitrogens with zero attached hydrogens (tertiary/aromatic N) is 2. The summed E-state index contributed by atoms with van der Waals surface area (Å²) in [6, 6.07) is 8.02. The van der Waals surface area contributed by atoms with Crippen molar-refractivity contribution in [3.63, 3.8) is 0 Å². The van der Waals surface area contributed by atoms with Crippen molar-refractivity contribution >= 4 is 41.1 Å². The Kier molecular flexibility index (Phi) is 10.1. The van der Waals surface area contributed by atoms with E-state index in [1.165, 1.54) is 12.0 Å². The standard InChI is InChI=1S/C30H36ClN5O5/c1-18(2)28(33)30(38)40-11-10-20(19-4-5-19)16-41-26-9-7-23(13-27(26)39-3)36(17-32)29(37)25-12-21(14-34-25)24-8-6-22(31)15-35-24/h6-9,12-15,17-20,28,32,34H,4-5,10-11,16,33H2,1-3H3/p+1/t20?,28-/m0/s1. The fourth-order valence-corrected chi connectivity index (χ4v) is 4.61. The number of halogens is 1. The summed E-state index contributed by atoms with van der Waals surface area (Å²) in [6.07, 6.45) is 8.99. The molecule has 0 bridgehead atoms. The van der Waals surface area contributed by atoms with Crippen LogP contribution in [0.4, 0.5) is 5.69 Å². The zero-order chi connectivity index (χ0) is 29.5. The van der Waals surface area contributed by atoms with E-state index >= 15 is 0 Å². The number of rotatable bonds is 14. The van der Waals surface area contributed by atoms with Crippen molar-refractivity contribution in [2.45, 2.75) is 39.2 Å². The maximum atomic E-state index is 13.3. The number of esters is 1. The molecule has 1 fully saturated rings. The van der Waals surface area contributed by atoms with E-state index in [-0.39, 0.29) is 23.7 Å². The highest BCUT2D eigenvalue weighted by Gasteiger charge is 2.32. The lowest BCUT2D eigenvalue weighted by molar-refractivity contribution is -0.523. The Hall–Kier alpha value is -3.73. The first-order valence-corrected chi connectivity index (χ1v) is 14.1. The van der Waals surface area contributed by atoms with E-state index in [1.807, 2.05) is 13.8 Å². The number of carbonyl (C=O) groups is 2. The van der Waals surface area contributed by atoms with Crippen LogP contribution in [0.2, 0.25) is 5.02 Å². The first kappa shape index (κ1) is 30.2. The summed E-state index contributed by atoms with van der Waals surface area (Å²) < 4.78 is 17.1. The second-order valence-electron chi connectivity index (χ2n) is 10.5. The van der Waals surface area contributed by atoms with Crippen molar-refractivity contribution in [3.05, 3.63) is 65.2 Å². The molecule has 2 aromatic rings. The second kappa shape index (κ2) is 13.8. The number of ether oxygens (including phenoxy) is 3. The van der Waals surface area contributed by atoms with Gasteiger partial charge in [0.15, 0.2) is 11.5 Å². The van der Waals surface area contributed by atoms with E-state index in [1.54, 1.807) is 54.1 Å². The Balaban J connectivity index is 1.38. The van der Waals surface area contributed by atoms with Crippen molar-refractivity contribution in [1.82, 2.24) is 4.98 Å². The number of carbonyl (C=O) groups excluding carboxylic acids is 2. The molecule has 1 unspecified atom stereocenters. The molecule has 2 heterocycles. The van der Waals surface area contributed by atoms with Gasteiger partial charge in [0.1, 0.15) is 12.2 Å². The molecule has 1 amide bonds. The van der Waals surface area contributed by atoms with Crippen LogP contribution in [0.3, 0.4) is 0 Å². The summed E-state index contributed by atoms with van der Waals surface area (Å²) in [4.78, 5) is 30.9. The van der Waals surface area contributed by atoms with Crippen molar-refractivity contribution in [3.8, 4) is 11.5 Å². The molecule has 1 aromatic heterocycles. The quantitative estimate of drug-likeness (QED) is 0.176. The average Bonchev–Trinajstić information content (AvgIpc) is 3.70. The summed E-state index contributed by atoms with van der Waals surface area (Å²) in [7, 11) is 1.53. The number of anilines is 1. The second-order valence-corrected chi connectivity index (χ2v) is 11.0. The molecule has 5 N–H and O–H groups in total. The number of quaternary nitrogens is 1. The zero-order valence-corrected chi connectivity index (χ0v) is 24.3. The van der Waals surface area contributed by atoms with Crippen molar-refractivity contribution in [2.24, 2.45) is 23.5 Å². The number of nitrogens with one attached hydrogen (secondary N) is 1. The predicted octanol–water partition coefficient (Wildman–Crippen LogP) is 3.51. The van der Waals surface area contributed by atoms with Crippen LogP contribution in [0.1, 0.15) is 38.8 Å². The number of aromatic nitrogens is 1. The highest BCUT2D eigenvalue weighted by Crippen LogP contribution is 2.40. The van der Waals surface area contributed by atoms with Gasteiger partial charge in [-0.15, -0.1) is 0 Å². The summed E-state index contributed by atoms with van der Waals surface area (Å²) >= 11 is 5.93. The maximum absolute atomic E-state index is 13.3. The SMILES string of the molecule is COc1cc(N(C=N)C(=O)C2=CC(c3ccc(Cl)cn3)=C[NH2+]2)ccc1OCC(CCOC(=O)[C@@H](N)C(C)C)C1CC1. The van der Waals surface area contributed by atoms with Gasteiger partial charge in [-0.1, -0.05) is 25.4 Å². The van der Waals surface area contributed by atoms with Gasteiger partial charge in [0.05, 0.1) is 48.6 Å². The van der Waals surface area contributed by atoms with Crippen LogP contribution >= 0.6 is 11.6 Å². The highest BCUT2D eigenvalue weighted by molar-refractivity contribution is 6.30. The van der Waals surface area contributed by atoms with Gasteiger partial charge in [-0.2, -0.15) is 0 Å². The number of benzene rings is 1. The van der Waals surface area contributed by atoms with Gasteiger partial charge < -0.3 is 19.9 Å². The topological polar surface area (TPSA) is 144 Å². The number of methoxy groups -OCH3 is 1. The van der Waals surface area contributed by atoms with Crippen molar-refractivity contribution < 1.29 is 29.1 Å². The lowest BCUT2D eigenvalue weighted by Gasteiger charge is -2.21. The minimum Gasteiger partial charge on any atom is -0.493 e. The number of allylic oxidation sites excluding steroid dienone is 2. The molecule has 0 saturated heterocycles. The third-order valence-electron chi connectivity index (χ3n) is 7.26. The fourth-order valence-electron chi connectivity index (χ4n) is 4.50. The van der Waals surface area contributed by atoms with Gasteiger partial charge in [0, 0.05) is 18.3 Å². The zero-order valence-electron chi connectivity index (χ0n) is 23.5. The molecule has 4 rings (SSSR count). The first-order valence-electron chi connectivity index (χ1n) is 13.7. The van der Waals surface area contributed by atoms with Crippen LogP contribution in [-0.2, 0) is 14.3 Å². The molecule has 41 heavy (non-hydrogen) atoms. The lowest BCUT2D eigenvalue weighted by Crippen LogP contribution is -2.77. The van der Waals surface area contributed by atoms with Gasteiger partial charge in [0.25, 0.3) is 0 Å². The highest BCUT2D eigenvalue weighted by atomic mass is 35.5. The third kappa shape index (κ3) is 7.72. The Morgan fingerprint density at radius 3 is 2.66 bits per heavy atom. The van der Waals surface area contributed by atoms with Crippen LogP contribution in [0, 0.1) is 23.2 Å². The summed E-state index contributed by atoms with van der Waals surface area (Å²) in [5.41, 5.74) is 8.24. The van der Waals surface area contributed by atoms with Gasteiger partial charge in [-0.25, -0.2) is 0 Å². The number of hydrogen-bond acceptors (Lipinski definition) is 8. The van der Waals surface area contributed by atoms with Crippen LogP contribution in [0.15, 0.2) is 54.5 Å². The lowest BCUT2D eigenvalue weighted by atomic mass is 10.0. The molecule has 1 saturated carbocycles. The van der Waals surface area contributed by atoms with Crippen molar-refractivity contribution in [2.75, 3.05) is 25.2 Å². The normalized spacial score (nSPS) is 16.0. The number of pyridine rings is 1. The molecule has 0 spiro atoms. The molecule has 2 aliphatic rings. The van der Waals surface area contributed by atoms with Crippen LogP contribution in [-0.4, -0.2) is 49.6 Å². The Labute approximate surface area is 245 Å². The van der Waals surface area contributed by atoms with E-state index in [0.29, 0.717) is 59.2 Å². The van der Waals surface area contributed by atoms with Gasteiger partial charge in [-0.3, -0.25) is 30.2 Å². The number of nitrogens with two attached hydrogens (primary N) is 2. The molecule has 10 nitrogen and oxygen atoms in total. The molecule has 1 aliphatic carbocycles. The van der Waals surface area contributed by atoms with Gasteiger partial charge in [0.2, 0.25) is 5.70 Å². The van der Waals surface area contributed by atoms with E-state index in [9.17, 15) is 9.59 Å². The van der Waals surface area contributed by atoms with Crippen molar-refractivity contribution in [1.29, 1.82) is 5.41 Å². The van der Waals surface area contributed by atoms with E-state index in [0.717, 1.165) is 24.8 Å². The summed E-state index contributed by atoms with van der Waals surface area (Å²) in [5, 5.41) is 10.2. The molecule has 1 aromatic carbocycles.